The molecule has 1 aliphatic heterocycles. The Bertz CT molecular complexity index is 837. The van der Waals surface area contributed by atoms with E-state index in [1.54, 1.807) is 18.1 Å². The van der Waals surface area contributed by atoms with Crippen LogP contribution in [0.15, 0.2) is 33.6 Å². The van der Waals surface area contributed by atoms with Gasteiger partial charge in [-0.15, -0.1) is 0 Å². The summed E-state index contributed by atoms with van der Waals surface area (Å²) >= 11 is 0. The molecule has 0 saturated carbocycles. The van der Waals surface area contributed by atoms with Crippen molar-refractivity contribution in [2.45, 2.75) is 39.7 Å². The molecule has 1 saturated heterocycles. The Morgan fingerprint density at radius 3 is 2.72 bits per heavy atom. The van der Waals surface area contributed by atoms with Gasteiger partial charge >= 0.3 is 6.03 Å². The lowest BCUT2D eigenvalue weighted by molar-refractivity contribution is 0.128. The van der Waals surface area contributed by atoms with Gasteiger partial charge in [-0.3, -0.25) is 4.79 Å². The molecule has 0 radical (unpaired) electrons. The summed E-state index contributed by atoms with van der Waals surface area (Å²) < 4.78 is 7.25. The van der Waals surface area contributed by atoms with Crippen molar-refractivity contribution in [3.05, 3.63) is 51.8 Å². The molecule has 1 fully saturated rings. The van der Waals surface area contributed by atoms with E-state index in [0.29, 0.717) is 18.2 Å². The zero-order chi connectivity index (χ0) is 18.1. The quantitative estimate of drug-likeness (QED) is 0.906. The highest BCUT2D eigenvalue weighted by Crippen LogP contribution is 2.35. The summed E-state index contributed by atoms with van der Waals surface area (Å²) in [5.74, 6) is 2.16. The van der Waals surface area contributed by atoms with Crippen molar-refractivity contribution in [2.75, 3.05) is 11.9 Å². The first-order chi connectivity index (χ1) is 11.9. The van der Waals surface area contributed by atoms with Crippen LogP contribution in [0.3, 0.4) is 0 Å². The second-order valence-corrected chi connectivity index (χ2v) is 7.01. The van der Waals surface area contributed by atoms with E-state index in [4.69, 9.17) is 4.42 Å². The van der Waals surface area contributed by atoms with E-state index in [1.807, 2.05) is 32.0 Å². The lowest BCUT2D eigenvalue weighted by atomic mass is 9.91. The lowest BCUT2D eigenvalue weighted by Gasteiger charge is -2.37. The molecule has 6 nitrogen and oxygen atoms in total. The predicted molar refractivity (Wildman–Crippen MR) is 96.7 cm³/mol. The third-order valence-electron chi connectivity index (χ3n) is 4.92. The van der Waals surface area contributed by atoms with E-state index in [-0.39, 0.29) is 17.6 Å². The van der Waals surface area contributed by atoms with E-state index in [2.05, 4.69) is 12.2 Å². The minimum atomic E-state index is -0.252. The Morgan fingerprint density at radius 1 is 1.28 bits per heavy atom. The Kier molecular flexibility index (Phi) is 4.70. The van der Waals surface area contributed by atoms with Gasteiger partial charge in [0.15, 0.2) is 0 Å². The Morgan fingerprint density at radius 2 is 2.04 bits per heavy atom. The summed E-state index contributed by atoms with van der Waals surface area (Å²) in [6.07, 6.45) is 3.49. The van der Waals surface area contributed by atoms with Gasteiger partial charge in [0.2, 0.25) is 0 Å². The number of nitrogens with one attached hydrogen (secondary N) is 1. The number of hydrogen-bond acceptors (Lipinski definition) is 3. The Labute approximate surface area is 147 Å². The number of amides is 2. The zero-order valence-corrected chi connectivity index (χ0v) is 15.2. The molecule has 1 N–H and O–H groups in total. The average molecular weight is 343 g/mol. The largest absolute Gasteiger partial charge is 0.464 e. The van der Waals surface area contributed by atoms with Crippen LogP contribution in [0.25, 0.3) is 0 Å². The van der Waals surface area contributed by atoms with Gasteiger partial charge < -0.3 is 19.2 Å². The van der Waals surface area contributed by atoms with Crippen LogP contribution in [0.1, 0.15) is 42.9 Å². The highest BCUT2D eigenvalue weighted by molar-refractivity contribution is 5.90. The van der Waals surface area contributed by atoms with Crippen LogP contribution < -0.4 is 10.9 Å². The summed E-state index contributed by atoms with van der Waals surface area (Å²) in [7, 11) is 1.68. The van der Waals surface area contributed by atoms with E-state index < -0.39 is 0 Å². The maximum absolute atomic E-state index is 12.9. The number of hydrogen-bond donors (Lipinski definition) is 1. The highest BCUT2D eigenvalue weighted by Gasteiger charge is 2.33. The molecular formula is C19H25N3O3. The number of urea groups is 1. The van der Waals surface area contributed by atoms with Crippen LogP contribution in [-0.4, -0.2) is 22.0 Å². The van der Waals surface area contributed by atoms with E-state index in [9.17, 15) is 9.59 Å². The second kappa shape index (κ2) is 6.78. The molecule has 0 bridgehead atoms. The molecule has 6 heteroatoms. The van der Waals surface area contributed by atoms with Gasteiger partial charge in [-0.1, -0.05) is 6.92 Å². The summed E-state index contributed by atoms with van der Waals surface area (Å²) in [4.78, 5) is 27.0. The molecule has 3 rings (SSSR count). The van der Waals surface area contributed by atoms with Crippen molar-refractivity contribution in [2.24, 2.45) is 13.0 Å². The first-order valence-corrected chi connectivity index (χ1v) is 8.67. The monoisotopic (exact) mass is 343 g/mol. The summed E-state index contributed by atoms with van der Waals surface area (Å²) in [6, 6.07) is 5.32. The fourth-order valence-electron chi connectivity index (χ4n) is 3.34. The molecule has 134 valence electrons. The molecule has 0 spiro atoms. The zero-order valence-electron chi connectivity index (χ0n) is 15.2. The minimum Gasteiger partial charge on any atom is -0.464 e. The maximum atomic E-state index is 12.9. The summed E-state index contributed by atoms with van der Waals surface area (Å²) in [6.45, 7) is 6.55. The van der Waals surface area contributed by atoms with Crippen LogP contribution in [0, 0.1) is 19.8 Å². The van der Waals surface area contributed by atoms with Gasteiger partial charge in [0, 0.05) is 19.8 Å². The first kappa shape index (κ1) is 17.3. The van der Waals surface area contributed by atoms with Crippen molar-refractivity contribution in [3.63, 3.8) is 0 Å². The number of likely N-dealkylation sites (tertiary alicyclic amines) is 1. The predicted octanol–water partition coefficient (Wildman–Crippen LogP) is 3.60. The fraction of sp³-hybridized carbons (Fsp3) is 0.474. The number of rotatable bonds is 2. The van der Waals surface area contributed by atoms with Gasteiger partial charge in [-0.05, 0) is 56.4 Å². The number of nitrogens with zero attached hydrogens (tertiary/aromatic N) is 2. The molecule has 25 heavy (non-hydrogen) atoms. The number of pyridine rings is 1. The Balaban J connectivity index is 1.87. The van der Waals surface area contributed by atoms with Crippen molar-refractivity contribution >= 4 is 11.7 Å². The molecular weight excluding hydrogens is 318 g/mol. The van der Waals surface area contributed by atoms with Gasteiger partial charge in [0.05, 0.1) is 6.04 Å². The fourth-order valence-corrected chi connectivity index (χ4v) is 3.34. The van der Waals surface area contributed by atoms with Crippen LogP contribution in [-0.2, 0) is 7.05 Å². The highest BCUT2D eigenvalue weighted by atomic mass is 16.3. The second-order valence-electron chi connectivity index (χ2n) is 7.01. The summed E-state index contributed by atoms with van der Waals surface area (Å²) in [5, 5.41) is 2.82. The molecule has 0 unspecified atom stereocenters. The minimum absolute atomic E-state index is 0.106. The Hall–Kier alpha value is -2.50. The van der Waals surface area contributed by atoms with Crippen LogP contribution in [0.2, 0.25) is 0 Å². The van der Waals surface area contributed by atoms with E-state index in [1.165, 1.54) is 4.57 Å². The van der Waals surface area contributed by atoms with Crippen LogP contribution >= 0.6 is 0 Å². The molecule has 1 aliphatic rings. The number of aromatic nitrogens is 1. The number of piperidine rings is 1. The SMILES string of the molecule is Cc1ccc([C@H]2C[C@H](C)CCN2C(=O)Nc2c(C)ccn(C)c2=O)o1. The maximum Gasteiger partial charge on any atom is 0.322 e. The van der Waals surface area contributed by atoms with Gasteiger partial charge in [-0.2, -0.15) is 0 Å². The normalized spacial score (nSPS) is 20.6. The number of carbonyl (C=O) groups is 1. The molecule has 2 aromatic heterocycles. The first-order valence-electron chi connectivity index (χ1n) is 8.67. The van der Waals surface area contributed by atoms with Crippen molar-refractivity contribution in [3.8, 4) is 0 Å². The van der Waals surface area contributed by atoms with Gasteiger partial charge in [0.1, 0.15) is 17.2 Å². The van der Waals surface area contributed by atoms with Gasteiger partial charge in [0.25, 0.3) is 5.56 Å². The third kappa shape index (κ3) is 3.48. The molecule has 2 amide bonds. The summed E-state index contributed by atoms with van der Waals surface area (Å²) in [5.41, 5.74) is 0.888. The lowest BCUT2D eigenvalue weighted by Crippen LogP contribution is -2.43. The van der Waals surface area contributed by atoms with Crippen molar-refractivity contribution in [1.29, 1.82) is 0 Å². The number of furan rings is 1. The van der Waals surface area contributed by atoms with Crippen LogP contribution in [0.4, 0.5) is 10.5 Å². The molecule has 0 aliphatic carbocycles. The topological polar surface area (TPSA) is 67.5 Å². The standard InChI is InChI=1S/C19H25N3O3/c1-12-7-10-22(15(11-12)16-6-5-14(3)25-16)19(24)20-17-13(2)8-9-21(4)18(17)23/h5-6,8-9,12,15H,7,10-11H2,1-4H3,(H,20,24)/t12-,15-/m1/s1. The van der Waals surface area contributed by atoms with Crippen molar-refractivity contribution in [1.82, 2.24) is 9.47 Å². The number of anilines is 1. The van der Waals surface area contributed by atoms with E-state index in [0.717, 1.165) is 29.9 Å². The van der Waals surface area contributed by atoms with Crippen molar-refractivity contribution < 1.29 is 9.21 Å². The average Bonchev–Trinajstić information content (AvgIpc) is 3.01. The molecule has 2 aromatic rings. The van der Waals surface area contributed by atoms with Crippen LogP contribution in [0.5, 0.6) is 0 Å². The number of aryl methyl sites for hydroxylation is 3. The number of carbonyl (C=O) groups excluding carboxylic acids is 1. The third-order valence-corrected chi connectivity index (χ3v) is 4.92. The van der Waals surface area contributed by atoms with E-state index >= 15 is 0 Å². The van der Waals surface area contributed by atoms with Gasteiger partial charge in [-0.25, -0.2) is 4.79 Å². The smallest absolute Gasteiger partial charge is 0.322 e. The molecule has 0 aromatic carbocycles. The molecule has 3 heterocycles. The molecule has 2 atom stereocenters.